The summed E-state index contributed by atoms with van der Waals surface area (Å²) in [6, 6.07) is 22.4. The second-order valence-electron chi connectivity index (χ2n) is 5.91. The van der Waals surface area contributed by atoms with Crippen LogP contribution in [-0.2, 0) is 9.59 Å². The number of carbonyl (C=O) groups is 2. The Hall–Kier alpha value is -3.54. The molecule has 0 radical (unpaired) electrons. The molecule has 0 heterocycles. The highest BCUT2D eigenvalue weighted by Gasteiger charge is 2.15. The fourth-order valence-corrected chi connectivity index (χ4v) is 2.43. The van der Waals surface area contributed by atoms with Crippen LogP contribution in [0, 0.1) is 0 Å². The van der Waals surface area contributed by atoms with E-state index in [0.29, 0.717) is 11.5 Å². The van der Waals surface area contributed by atoms with E-state index in [1.54, 1.807) is 25.1 Å². The van der Waals surface area contributed by atoms with Crippen molar-refractivity contribution in [3.05, 3.63) is 72.8 Å². The molecule has 3 aromatic rings. The van der Waals surface area contributed by atoms with E-state index in [4.69, 9.17) is 9.47 Å². The van der Waals surface area contributed by atoms with Gasteiger partial charge in [-0.3, -0.25) is 20.4 Å². The number of ether oxygens (including phenoxy) is 2. The lowest BCUT2D eigenvalue weighted by atomic mass is 10.1. The number of amides is 2. The van der Waals surface area contributed by atoms with Crippen molar-refractivity contribution in [2.75, 3.05) is 6.61 Å². The minimum Gasteiger partial charge on any atom is -0.484 e. The molecule has 2 amide bonds. The number of para-hydroxylation sites is 1. The van der Waals surface area contributed by atoms with Gasteiger partial charge in [-0.25, -0.2) is 0 Å². The minimum atomic E-state index is -0.755. The molecule has 0 saturated heterocycles. The predicted molar refractivity (Wildman–Crippen MR) is 102 cm³/mol. The van der Waals surface area contributed by atoms with E-state index in [2.05, 4.69) is 10.9 Å². The summed E-state index contributed by atoms with van der Waals surface area (Å²) >= 11 is 0. The zero-order valence-corrected chi connectivity index (χ0v) is 14.8. The molecule has 0 saturated carbocycles. The summed E-state index contributed by atoms with van der Waals surface area (Å²) in [7, 11) is 0. The number of carbonyl (C=O) groups excluding carboxylic acids is 2. The second kappa shape index (κ2) is 8.71. The molecule has 0 spiro atoms. The van der Waals surface area contributed by atoms with Gasteiger partial charge in [-0.15, -0.1) is 0 Å². The average molecular weight is 364 g/mol. The van der Waals surface area contributed by atoms with Crippen molar-refractivity contribution in [3.63, 3.8) is 0 Å². The van der Waals surface area contributed by atoms with Crippen LogP contribution < -0.4 is 20.3 Å². The Morgan fingerprint density at radius 1 is 0.852 bits per heavy atom. The van der Waals surface area contributed by atoms with Crippen LogP contribution in [0.5, 0.6) is 11.5 Å². The van der Waals surface area contributed by atoms with Gasteiger partial charge in [-0.2, -0.15) is 0 Å². The molecule has 0 fully saturated rings. The third kappa shape index (κ3) is 5.22. The largest absolute Gasteiger partial charge is 0.484 e. The number of rotatable bonds is 6. The van der Waals surface area contributed by atoms with Crippen molar-refractivity contribution in [1.82, 2.24) is 10.9 Å². The van der Waals surface area contributed by atoms with Crippen molar-refractivity contribution in [3.8, 4) is 11.5 Å². The van der Waals surface area contributed by atoms with Crippen molar-refractivity contribution in [1.29, 1.82) is 0 Å². The fraction of sp³-hybridized carbons (Fsp3) is 0.143. The van der Waals surface area contributed by atoms with E-state index < -0.39 is 17.9 Å². The quantitative estimate of drug-likeness (QED) is 0.660. The highest BCUT2D eigenvalue weighted by atomic mass is 16.5. The summed E-state index contributed by atoms with van der Waals surface area (Å²) in [5.74, 6) is 0.225. The third-order valence-electron chi connectivity index (χ3n) is 3.84. The van der Waals surface area contributed by atoms with Gasteiger partial charge < -0.3 is 9.47 Å². The van der Waals surface area contributed by atoms with Gasteiger partial charge in [0.15, 0.2) is 12.7 Å². The Morgan fingerprint density at radius 3 is 2.33 bits per heavy atom. The number of benzene rings is 3. The van der Waals surface area contributed by atoms with E-state index in [9.17, 15) is 9.59 Å². The highest BCUT2D eigenvalue weighted by Crippen LogP contribution is 2.20. The van der Waals surface area contributed by atoms with E-state index in [0.717, 1.165) is 10.8 Å². The molecule has 2 N–H and O–H groups in total. The molecule has 0 aromatic heterocycles. The summed E-state index contributed by atoms with van der Waals surface area (Å²) in [6.07, 6.45) is -0.755. The maximum Gasteiger partial charge on any atom is 0.279 e. The summed E-state index contributed by atoms with van der Waals surface area (Å²) in [4.78, 5) is 23.9. The lowest BCUT2D eigenvalue weighted by molar-refractivity contribution is -0.133. The predicted octanol–water partition coefficient (Wildman–Crippen LogP) is 2.83. The SMILES string of the molecule is CC(Oc1ccccc1)C(=O)NNC(=O)COc1ccc2ccccc2c1. The zero-order valence-electron chi connectivity index (χ0n) is 14.8. The van der Waals surface area contributed by atoms with Gasteiger partial charge in [-0.1, -0.05) is 48.5 Å². The molecule has 0 bridgehead atoms. The van der Waals surface area contributed by atoms with Gasteiger partial charge in [0.05, 0.1) is 0 Å². The molecule has 6 heteroatoms. The number of hydrazine groups is 1. The minimum absolute atomic E-state index is 0.216. The molecule has 138 valence electrons. The fourth-order valence-electron chi connectivity index (χ4n) is 2.43. The van der Waals surface area contributed by atoms with Crippen LogP contribution in [0.1, 0.15) is 6.92 Å². The van der Waals surface area contributed by atoms with Crippen LogP contribution >= 0.6 is 0 Å². The first-order valence-corrected chi connectivity index (χ1v) is 8.54. The Morgan fingerprint density at radius 2 is 1.56 bits per heavy atom. The second-order valence-corrected chi connectivity index (χ2v) is 5.91. The first-order chi connectivity index (χ1) is 13.1. The van der Waals surface area contributed by atoms with Crippen molar-refractivity contribution < 1.29 is 19.1 Å². The topological polar surface area (TPSA) is 76.7 Å². The van der Waals surface area contributed by atoms with Crippen molar-refractivity contribution in [2.24, 2.45) is 0 Å². The van der Waals surface area contributed by atoms with E-state index in [1.807, 2.05) is 54.6 Å². The maximum absolute atomic E-state index is 12.0. The maximum atomic E-state index is 12.0. The van der Waals surface area contributed by atoms with Crippen LogP contribution in [0.3, 0.4) is 0 Å². The molecule has 3 aromatic carbocycles. The van der Waals surface area contributed by atoms with Crippen LogP contribution in [0.4, 0.5) is 0 Å². The molecule has 1 unspecified atom stereocenters. The van der Waals surface area contributed by atoms with E-state index >= 15 is 0 Å². The molecule has 6 nitrogen and oxygen atoms in total. The Bertz CT molecular complexity index is 928. The Labute approximate surface area is 157 Å². The Kier molecular flexibility index (Phi) is 5.89. The van der Waals surface area contributed by atoms with Crippen LogP contribution in [-0.4, -0.2) is 24.5 Å². The summed E-state index contributed by atoms with van der Waals surface area (Å²) in [5, 5.41) is 2.12. The van der Waals surface area contributed by atoms with E-state index in [-0.39, 0.29) is 6.61 Å². The molecule has 0 aliphatic rings. The van der Waals surface area contributed by atoms with Crippen LogP contribution in [0.2, 0.25) is 0 Å². The summed E-state index contributed by atoms with van der Waals surface area (Å²) < 4.78 is 11.0. The summed E-state index contributed by atoms with van der Waals surface area (Å²) in [6.45, 7) is 1.38. The lowest BCUT2D eigenvalue weighted by Crippen LogP contribution is -2.48. The lowest BCUT2D eigenvalue weighted by Gasteiger charge is -2.15. The van der Waals surface area contributed by atoms with Crippen LogP contribution in [0.15, 0.2) is 72.8 Å². The van der Waals surface area contributed by atoms with Gasteiger partial charge in [-0.05, 0) is 42.0 Å². The molecular formula is C21H20N2O4. The third-order valence-corrected chi connectivity index (χ3v) is 3.84. The monoisotopic (exact) mass is 364 g/mol. The van der Waals surface area contributed by atoms with Crippen LogP contribution in [0.25, 0.3) is 10.8 Å². The number of hydrogen-bond acceptors (Lipinski definition) is 4. The van der Waals surface area contributed by atoms with Crippen molar-refractivity contribution in [2.45, 2.75) is 13.0 Å². The number of hydrogen-bond donors (Lipinski definition) is 2. The molecule has 0 aliphatic heterocycles. The smallest absolute Gasteiger partial charge is 0.279 e. The molecule has 1 atom stereocenters. The Balaban J connectivity index is 1.44. The zero-order chi connectivity index (χ0) is 19.1. The number of nitrogens with one attached hydrogen (secondary N) is 2. The molecule has 0 aliphatic carbocycles. The standard InChI is InChI=1S/C21H20N2O4/c1-15(27-18-9-3-2-4-10-18)21(25)23-22-20(24)14-26-19-12-11-16-7-5-6-8-17(16)13-19/h2-13,15H,14H2,1H3,(H,22,24)(H,23,25). The van der Waals surface area contributed by atoms with Gasteiger partial charge in [0, 0.05) is 0 Å². The summed E-state index contributed by atoms with van der Waals surface area (Å²) in [5.41, 5.74) is 4.64. The van der Waals surface area contributed by atoms with E-state index in [1.165, 1.54) is 0 Å². The molecule has 3 rings (SSSR count). The van der Waals surface area contributed by atoms with Gasteiger partial charge in [0.25, 0.3) is 11.8 Å². The highest BCUT2D eigenvalue weighted by molar-refractivity contribution is 5.86. The van der Waals surface area contributed by atoms with Gasteiger partial charge in [0.1, 0.15) is 11.5 Å². The first-order valence-electron chi connectivity index (χ1n) is 8.54. The first kappa shape index (κ1) is 18.3. The average Bonchev–Trinajstić information content (AvgIpc) is 2.71. The van der Waals surface area contributed by atoms with Gasteiger partial charge in [0.2, 0.25) is 0 Å². The normalized spacial score (nSPS) is 11.4. The van der Waals surface area contributed by atoms with Crippen molar-refractivity contribution >= 4 is 22.6 Å². The molecule has 27 heavy (non-hydrogen) atoms. The number of fused-ring (bicyclic) bond motifs is 1. The van der Waals surface area contributed by atoms with Gasteiger partial charge >= 0.3 is 0 Å². The molecular weight excluding hydrogens is 344 g/mol.